The van der Waals surface area contributed by atoms with E-state index in [9.17, 15) is 10.1 Å². The summed E-state index contributed by atoms with van der Waals surface area (Å²) in [6, 6.07) is 24.3. The molecule has 1 N–H and O–H groups in total. The highest BCUT2D eigenvalue weighted by atomic mass is 16.2. The summed E-state index contributed by atoms with van der Waals surface area (Å²) < 4.78 is 0. The van der Waals surface area contributed by atoms with Gasteiger partial charge < -0.3 is 5.32 Å². The molecule has 0 fully saturated rings. The van der Waals surface area contributed by atoms with E-state index < -0.39 is 0 Å². The monoisotopic (exact) mass is 311 g/mol. The molecule has 0 unspecified atom stereocenters. The minimum absolute atomic E-state index is 0.161. The van der Waals surface area contributed by atoms with Crippen molar-refractivity contribution >= 4 is 28.7 Å². The Morgan fingerprint density at radius 2 is 1.42 bits per heavy atom. The van der Waals surface area contributed by atoms with Gasteiger partial charge in [0, 0.05) is 0 Å². The number of nitrogens with one attached hydrogen (secondary N) is 1. The van der Waals surface area contributed by atoms with E-state index in [0.717, 1.165) is 17.1 Å². The number of anilines is 4. The van der Waals surface area contributed by atoms with Crippen LogP contribution in [-0.4, -0.2) is 5.91 Å². The summed E-state index contributed by atoms with van der Waals surface area (Å²) in [5.41, 5.74) is 3.91. The van der Waals surface area contributed by atoms with Gasteiger partial charge in [-0.25, -0.2) is 0 Å². The van der Waals surface area contributed by atoms with Crippen molar-refractivity contribution in [2.75, 3.05) is 10.2 Å². The van der Waals surface area contributed by atoms with Crippen LogP contribution >= 0.6 is 0 Å². The maximum Gasteiger partial charge on any atom is 0.265 e. The lowest BCUT2D eigenvalue weighted by atomic mass is 10.1. The standard InChI is InChI=1S/C20H13N3O/c21-13-14-7-1-5-11-18(14)23-19-12-6-4-10-17(19)22-16-9-3-2-8-15(16)20(23)24/h1-12,22H. The minimum Gasteiger partial charge on any atom is -0.353 e. The molecule has 24 heavy (non-hydrogen) atoms. The topological polar surface area (TPSA) is 56.1 Å². The van der Waals surface area contributed by atoms with Crippen molar-refractivity contribution in [3.8, 4) is 6.07 Å². The van der Waals surface area contributed by atoms with Crippen LogP contribution in [0.1, 0.15) is 15.9 Å². The Kier molecular flexibility index (Phi) is 3.25. The normalized spacial score (nSPS) is 12.5. The summed E-state index contributed by atoms with van der Waals surface area (Å²) in [6.07, 6.45) is 0. The van der Waals surface area contributed by atoms with Crippen molar-refractivity contribution in [2.45, 2.75) is 0 Å². The molecule has 0 bridgehead atoms. The van der Waals surface area contributed by atoms with E-state index in [-0.39, 0.29) is 5.91 Å². The van der Waals surface area contributed by atoms with Crippen LogP contribution in [0.15, 0.2) is 72.8 Å². The first-order chi connectivity index (χ1) is 11.8. The molecule has 114 valence electrons. The number of carbonyl (C=O) groups is 1. The van der Waals surface area contributed by atoms with E-state index in [4.69, 9.17) is 0 Å². The molecule has 0 aromatic heterocycles. The molecule has 3 aromatic carbocycles. The Morgan fingerprint density at radius 1 is 0.792 bits per heavy atom. The van der Waals surface area contributed by atoms with Gasteiger partial charge in [0.25, 0.3) is 5.91 Å². The Bertz CT molecular complexity index is 988. The third-order valence-electron chi connectivity index (χ3n) is 4.04. The summed E-state index contributed by atoms with van der Waals surface area (Å²) in [4.78, 5) is 14.8. The lowest BCUT2D eigenvalue weighted by molar-refractivity contribution is 0.100. The highest BCUT2D eigenvalue weighted by Crippen LogP contribution is 2.40. The third-order valence-corrected chi connectivity index (χ3v) is 4.04. The van der Waals surface area contributed by atoms with Crippen LogP contribution in [0, 0.1) is 11.3 Å². The van der Waals surface area contributed by atoms with Crippen molar-refractivity contribution < 1.29 is 4.79 Å². The summed E-state index contributed by atoms with van der Waals surface area (Å²) in [5, 5.41) is 12.8. The van der Waals surface area contributed by atoms with Crippen molar-refractivity contribution in [1.29, 1.82) is 5.26 Å². The third kappa shape index (κ3) is 2.11. The highest BCUT2D eigenvalue weighted by Gasteiger charge is 2.28. The molecule has 0 saturated heterocycles. The Labute approximate surface area is 139 Å². The lowest BCUT2D eigenvalue weighted by Crippen LogP contribution is -2.25. The Morgan fingerprint density at radius 3 is 2.21 bits per heavy atom. The number of rotatable bonds is 1. The van der Waals surface area contributed by atoms with Crippen molar-refractivity contribution in [3.05, 3.63) is 83.9 Å². The molecule has 0 spiro atoms. The van der Waals surface area contributed by atoms with Crippen LogP contribution in [0.3, 0.4) is 0 Å². The van der Waals surface area contributed by atoms with Crippen LogP contribution in [-0.2, 0) is 0 Å². The molecule has 0 radical (unpaired) electrons. The first-order valence-electron chi connectivity index (χ1n) is 7.58. The van der Waals surface area contributed by atoms with Gasteiger partial charge in [0.1, 0.15) is 6.07 Å². The number of hydrogen-bond donors (Lipinski definition) is 1. The quantitative estimate of drug-likeness (QED) is 0.715. The smallest absolute Gasteiger partial charge is 0.265 e. The van der Waals surface area contributed by atoms with Crippen molar-refractivity contribution in [1.82, 2.24) is 0 Å². The van der Waals surface area contributed by atoms with Gasteiger partial charge in [0.2, 0.25) is 0 Å². The number of carbonyl (C=O) groups excluding carboxylic acids is 1. The van der Waals surface area contributed by atoms with Gasteiger partial charge in [-0.2, -0.15) is 5.26 Å². The molecular formula is C20H13N3O. The molecule has 0 aliphatic carbocycles. The molecule has 1 aliphatic rings. The molecule has 0 atom stereocenters. The van der Waals surface area contributed by atoms with Crippen LogP contribution < -0.4 is 10.2 Å². The van der Waals surface area contributed by atoms with Crippen LogP contribution in [0.2, 0.25) is 0 Å². The fraction of sp³-hybridized carbons (Fsp3) is 0. The van der Waals surface area contributed by atoms with Crippen LogP contribution in [0.25, 0.3) is 0 Å². The SMILES string of the molecule is N#Cc1ccccc1N1C(=O)c2ccccc2Nc2ccccc21. The number of para-hydroxylation sites is 4. The molecule has 1 aliphatic heterocycles. The van der Waals surface area contributed by atoms with Gasteiger partial charge in [-0.3, -0.25) is 9.69 Å². The van der Waals surface area contributed by atoms with Crippen molar-refractivity contribution in [2.24, 2.45) is 0 Å². The Balaban J connectivity index is 2.02. The van der Waals surface area contributed by atoms with E-state index >= 15 is 0 Å². The fourth-order valence-corrected chi connectivity index (χ4v) is 2.93. The van der Waals surface area contributed by atoms with E-state index in [1.54, 1.807) is 29.2 Å². The van der Waals surface area contributed by atoms with Crippen molar-refractivity contribution in [3.63, 3.8) is 0 Å². The summed E-state index contributed by atoms with van der Waals surface area (Å²) in [7, 11) is 0. The average molecular weight is 311 g/mol. The molecule has 4 heteroatoms. The van der Waals surface area contributed by atoms with Gasteiger partial charge >= 0.3 is 0 Å². The van der Waals surface area contributed by atoms with Crippen LogP contribution in [0.4, 0.5) is 22.7 Å². The second kappa shape index (κ2) is 5.56. The first-order valence-corrected chi connectivity index (χ1v) is 7.58. The lowest BCUT2D eigenvalue weighted by Gasteiger charge is -2.23. The Hall–Kier alpha value is -3.58. The van der Waals surface area contributed by atoms with E-state index in [0.29, 0.717) is 16.8 Å². The van der Waals surface area contributed by atoms with Gasteiger partial charge in [0.15, 0.2) is 0 Å². The fourth-order valence-electron chi connectivity index (χ4n) is 2.93. The minimum atomic E-state index is -0.161. The predicted octanol–water partition coefficient (Wildman–Crippen LogP) is 4.59. The largest absolute Gasteiger partial charge is 0.353 e. The van der Waals surface area contributed by atoms with E-state index in [1.807, 2.05) is 48.5 Å². The second-order valence-corrected chi connectivity index (χ2v) is 5.46. The molecule has 4 nitrogen and oxygen atoms in total. The zero-order valence-corrected chi connectivity index (χ0v) is 12.7. The summed E-state index contributed by atoms with van der Waals surface area (Å²) in [6.45, 7) is 0. The second-order valence-electron chi connectivity index (χ2n) is 5.46. The number of nitriles is 1. The molecular weight excluding hydrogens is 298 g/mol. The van der Waals surface area contributed by atoms with E-state index in [1.165, 1.54) is 0 Å². The highest BCUT2D eigenvalue weighted by molar-refractivity contribution is 6.17. The molecule has 0 saturated carbocycles. The number of benzene rings is 3. The summed E-state index contributed by atoms with van der Waals surface area (Å²) >= 11 is 0. The van der Waals surface area contributed by atoms with Gasteiger partial charge in [-0.15, -0.1) is 0 Å². The maximum atomic E-state index is 13.2. The first kappa shape index (κ1) is 14.0. The van der Waals surface area contributed by atoms with E-state index in [2.05, 4.69) is 11.4 Å². The predicted molar refractivity (Wildman–Crippen MR) is 93.8 cm³/mol. The number of amides is 1. The number of nitrogens with zero attached hydrogens (tertiary/aromatic N) is 2. The van der Waals surface area contributed by atoms with Gasteiger partial charge in [-0.1, -0.05) is 36.4 Å². The maximum absolute atomic E-state index is 13.2. The average Bonchev–Trinajstić information content (AvgIpc) is 2.76. The molecule has 1 amide bonds. The van der Waals surface area contributed by atoms with Gasteiger partial charge in [-0.05, 0) is 36.4 Å². The number of fused-ring (bicyclic) bond motifs is 2. The van der Waals surface area contributed by atoms with Crippen LogP contribution in [0.5, 0.6) is 0 Å². The number of hydrogen-bond acceptors (Lipinski definition) is 3. The molecule has 1 heterocycles. The zero-order valence-electron chi connectivity index (χ0n) is 12.7. The molecule has 3 aromatic rings. The van der Waals surface area contributed by atoms with Gasteiger partial charge in [0.05, 0.1) is 33.9 Å². The summed E-state index contributed by atoms with van der Waals surface area (Å²) in [5.74, 6) is -0.161. The molecule has 4 rings (SSSR count). The zero-order chi connectivity index (χ0) is 16.5.